The molecule has 2 atom stereocenters. The number of nitrogens with one attached hydrogen (secondary N) is 1. The number of likely N-dealkylation sites (tertiary alicyclic amines) is 1. The summed E-state index contributed by atoms with van der Waals surface area (Å²) in [7, 11) is 0. The van der Waals surface area contributed by atoms with Crippen molar-refractivity contribution in [3.8, 4) is 0 Å². The maximum Gasteiger partial charge on any atom is 0.230 e. The van der Waals surface area contributed by atoms with Gasteiger partial charge in [-0.25, -0.2) is 0 Å². The predicted octanol–water partition coefficient (Wildman–Crippen LogP) is 5.01. The van der Waals surface area contributed by atoms with Crippen molar-refractivity contribution in [2.75, 3.05) is 26.2 Å². The van der Waals surface area contributed by atoms with Gasteiger partial charge in [0.2, 0.25) is 5.91 Å². The number of aromatic nitrogens is 1. The van der Waals surface area contributed by atoms with Crippen LogP contribution in [0.5, 0.6) is 0 Å². The fourth-order valence-electron chi connectivity index (χ4n) is 7.19. The number of Topliss-reactive ketones (excluding diaryl/α,β-unsaturated/α-hetero) is 1. The molecule has 3 aliphatic rings. The Labute approximate surface area is 213 Å². The van der Waals surface area contributed by atoms with Gasteiger partial charge in [-0.2, -0.15) is 0 Å². The Kier molecular flexibility index (Phi) is 6.43. The van der Waals surface area contributed by atoms with E-state index in [2.05, 4.69) is 64.6 Å². The van der Waals surface area contributed by atoms with Crippen molar-refractivity contribution in [2.45, 2.75) is 57.4 Å². The van der Waals surface area contributed by atoms with Crippen LogP contribution in [0.3, 0.4) is 0 Å². The summed E-state index contributed by atoms with van der Waals surface area (Å²) in [5.41, 5.74) is 3.27. The number of aryl methyl sites for hydroxylation is 2. The Morgan fingerprint density at radius 2 is 1.69 bits per heavy atom. The number of aromatic amines is 1. The zero-order valence-electron chi connectivity index (χ0n) is 21.1. The van der Waals surface area contributed by atoms with Gasteiger partial charge in [-0.1, -0.05) is 48.5 Å². The number of hydrogen-bond donors (Lipinski definition) is 1. The van der Waals surface area contributed by atoms with Crippen molar-refractivity contribution in [2.24, 2.45) is 11.3 Å². The quantitative estimate of drug-likeness (QED) is 0.514. The Morgan fingerprint density at radius 3 is 2.53 bits per heavy atom. The van der Waals surface area contributed by atoms with Crippen LogP contribution < -0.4 is 0 Å². The molecule has 188 valence electrons. The van der Waals surface area contributed by atoms with E-state index in [1.54, 1.807) is 0 Å². The molecule has 4 heterocycles. The second kappa shape index (κ2) is 9.85. The molecule has 1 aromatic heterocycles. The summed E-state index contributed by atoms with van der Waals surface area (Å²) in [6.07, 6.45) is 9.33. The van der Waals surface area contributed by atoms with Crippen LogP contribution in [0.4, 0.5) is 0 Å². The van der Waals surface area contributed by atoms with Crippen molar-refractivity contribution < 1.29 is 9.59 Å². The summed E-state index contributed by atoms with van der Waals surface area (Å²) < 4.78 is 0. The van der Waals surface area contributed by atoms with Crippen molar-refractivity contribution in [3.63, 3.8) is 0 Å². The largest absolute Gasteiger partial charge is 0.361 e. The molecule has 3 saturated heterocycles. The molecule has 1 spiro atoms. The van der Waals surface area contributed by atoms with Gasteiger partial charge < -0.3 is 14.8 Å². The summed E-state index contributed by atoms with van der Waals surface area (Å²) in [6.45, 7) is 3.64. The summed E-state index contributed by atoms with van der Waals surface area (Å²) in [5, 5.41) is 1.23. The first-order valence-corrected chi connectivity index (χ1v) is 13.8. The summed E-state index contributed by atoms with van der Waals surface area (Å²) in [5.74, 6) is 0.450. The minimum absolute atomic E-state index is 0.163. The van der Waals surface area contributed by atoms with Gasteiger partial charge in [-0.15, -0.1) is 0 Å². The smallest absolute Gasteiger partial charge is 0.230 e. The molecule has 5 heteroatoms. The van der Waals surface area contributed by atoms with Crippen LogP contribution in [-0.4, -0.2) is 58.7 Å². The van der Waals surface area contributed by atoms with E-state index in [1.807, 2.05) is 11.0 Å². The highest BCUT2D eigenvalue weighted by Gasteiger charge is 2.58. The second-order valence-corrected chi connectivity index (χ2v) is 11.1. The van der Waals surface area contributed by atoms with Crippen LogP contribution in [0.25, 0.3) is 10.9 Å². The Bertz CT molecular complexity index is 1220. The Morgan fingerprint density at radius 1 is 0.917 bits per heavy atom. The fourth-order valence-corrected chi connectivity index (χ4v) is 7.19. The first kappa shape index (κ1) is 23.5. The van der Waals surface area contributed by atoms with Crippen molar-refractivity contribution in [1.29, 1.82) is 0 Å². The second-order valence-electron chi connectivity index (χ2n) is 11.1. The number of hydrogen-bond acceptors (Lipinski definition) is 3. The number of carbonyl (C=O) groups excluding carboxylic acids is 2. The van der Waals surface area contributed by atoms with Crippen molar-refractivity contribution >= 4 is 22.6 Å². The topological polar surface area (TPSA) is 56.4 Å². The third-order valence-electron chi connectivity index (χ3n) is 9.19. The van der Waals surface area contributed by atoms with Gasteiger partial charge in [0.25, 0.3) is 0 Å². The van der Waals surface area contributed by atoms with E-state index in [0.717, 1.165) is 83.1 Å². The van der Waals surface area contributed by atoms with Crippen LogP contribution in [0.1, 0.15) is 49.7 Å². The first-order chi connectivity index (χ1) is 17.7. The minimum atomic E-state index is -0.514. The van der Waals surface area contributed by atoms with E-state index in [0.29, 0.717) is 5.78 Å². The number of nitrogens with zero attached hydrogens (tertiary/aromatic N) is 2. The average Bonchev–Trinajstić information content (AvgIpc) is 3.57. The number of piperidine rings is 2. The number of H-pyrrole nitrogens is 1. The lowest BCUT2D eigenvalue weighted by Gasteiger charge is -2.51. The standard InChI is InChI=1S/C31H37N3O2/c35-29-26(15-14-24-22-32-27-12-5-4-11-25(24)27)31(30(36)34-19-7-13-28(29)34)16-20-33(21-17-31)18-6-10-23-8-2-1-3-9-23/h1-5,8-9,11-12,22,26,28,32H,6-7,10,13-21H2. The molecule has 0 aliphatic carbocycles. The van der Waals surface area contributed by atoms with E-state index in [1.165, 1.54) is 16.5 Å². The fraction of sp³-hybridized carbons (Fsp3) is 0.484. The molecule has 3 fully saturated rings. The van der Waals surface area contributed by atoms with Crippen LogP contribution in [-0.2, 0) is 22.4 Å². The number of carbonyl (C=O) groups is 2. The highest BCUT2D eigenvalue weighted by atomic mass is 16.2. The highest BCUT2D eigenvalue weighted by molar-refractivity contribution is 6.01. The molecule has 3 aromatic rings. The Hall–Kier alpha value is -2.92. The lowest BCUT2D eigenvalue weighted by Crippen LogP contribution is -2.63. The molecule has 6 rings (SSSR count). The molecule has 5 nitrogen and oxygen atoms in total. The molecule has 36 heavy (non-hydrogen) atoms. The van der Waals surface area contributed by atoms with E-state index >= 15 is 0 Å². The number of rotatable bonds is 7. The van der Waals surface area contributed by atoms with Gasteiger partial charge in [0.15, 0.2) is 5.78 Å². The van der Waals surface area contributed by atoms with Gasteiger partial charge in [0.1, 0.15) is 0 Å². The molecule has 2 aromatic carbocycles. The van der Waals surface area contributed by atoms with E-state index < -0.39 is 5.41 Å². The van der Waals surface area contributed by atoms with E-state index in [4.69, 9.17) is 0 Å². The lowest BCUT2D eigenvalue weighted by atomic mass is 9.61. The zero-order chi connectivity index (χ0) is 24.5. The maximum absolute atomic E-state index is 14.0. The average molecular weight is 484 g/mol. The molecule has 0 bridgehead atoms. The number of benzene rings is 2. The van der Waals surface area contributed by atoms with Crippen LogP contribution in [0.2, 0.25) is 0 Å². The van der Waals surface area contributed by atoms with Crippen LogP contribution >= 0.6 is 0 Å². The number of amides is 1. The molecular weight excluding hydrogens is 446 g/mol. The maximum atomic E-state index is 14.0. The number of para-hydroxylation sites is 1. The minimum Gasteiger partial charge on any atom is -0.361 e. The van der Waals surface area contributed by atoms with Gasteiger partial charge >= 0.3 is 0 Å². The molecule has 2 unspecified atom stereocenters. The van der Waals surface area contributed by atoms with E-state index in [-0.39, 0.29) is 17.9 Å². The van der Waals surface area contributed by atoms with Crippen molar-refractivity contribution in [1.82, 2.24) is 14.8 Å². The van der Waals surface area contributed by atoms with Crippen LogP contribution in [0.15, 0.2) is 60.8 Å². The van der Waals surface area contributed by atoms with Crippen LogP contribution in [0, 0.1) is 11.3 Å². The summed E-state index contributed by atoms with van der Waals surface area (Å²) in [4.78, 5) is 35.7. The third kappa shape index (κ3) is 4.17. The molecule has 0 radical (unpaired) electrons. The zero-order valence-corrected chi connectivity index (χ0v) is 21.1. The highest BCUT2D eigenvalue weighted by Crippen LogP contribution is 2.49. The monoisotopic (exact) mass is 483 g/mol. The number of fused-ring (bicyclic) bond motifs is 2. The number of ketones is 1. The van der Waals surface area contributed by atoms with Gasteiger partial charge in [0.05, 0.1) is 11.5 Å². The molecule has 3 aliphatic heterocycles. The molecule has 0 saturated carbocycles. The van der Waals surface area contributed by atoms with E-state index in [9.17, 15) is 9.59 Å². The summed E-state index contributed by atoms with van der Waals surface area (Å²) in [6, 6.07) is 18.8. The van der Waals surface area contributed by atoms with Crippen molar-refractivity contribution in [3.05, 3.63) is 71.9 Å². The summed E-state index contributed by atoms with van der Waals surface area (Å²) >= 11 is 0. The first-order valence-electron chi connectivity index (χ1n) is 13.8. The van der Waals surface area contributed by atoms with Gasteiger partial charge in [-0.05, 0) is 88.2 Å². The predicted molar refractivity (Wildman–Crippen MR) is 143 cm³/mol. The Balaban J connectivity index is 1.16. The van der Waals surface area contributed by atoms with Gasteiger partial charge in [-0.3, -0.25) is 9.59 Å². The third-order valence-corrected chi connectivity index (χ3v) is 9.19. The van der Waals surface area contributed by atoms with Gasteiger partial charge in [0, 0.05) is 29.6 Å². The lowest BCUT2D eigenvalue weighted by molar-refractivity contribution is -0.166. The molecule has 1 N–H and O–H groups in total. The molecular formula is C31H37N3O2. The molecule has 1 amide bonds. The SMILES string of the molecule is O=C1C2CCCN2C(=O)C2(CCN(CCCc3ccccc3)CC2)C1CCc1c[nH]c2ccccc12. The normalized spacial score (nSPS) is 24.1.